The predicted molar refractivity (Wildman–Crippen MR) is 106 cm³/mol. The molecule has 156 valence electrons. The predicted octanol–water partition coefficient (Wildman–Crippen LogP) is 0.0428. The zero-order valence-electron chi connectivity index (χ0n) is 17.1. The Morgan fingerprint density at radius 1 is 1.34 bits per heavy atom. The lowest BCUT2D eigenvalue weighted by molar-refractivity contribution is -0.945. The van der Waals surface area contributed by atoms with Crippen molar-refractivity contribution in [3.05, 3.63) is 41.7 Å². The monoisotopic (exact) mass is 400 g/mol. The number of carbonyl (C=O) groups excluding carboxylic acids is 1. The smallest absolute Gasteiger partial charge is 0.229 e. The second-order valence-electron chi connectivity index (χ2n) is 8.09. The van der Waals surface area contributed by atoms with Crippen molar-refractivity contribution in [2.75, 3.05) is 27.3 Å². The van der Waals surface area contributed by atoms with Crippen LogP contribution < -0.4 is 15.0 Å². The number of piperidine rings is 3. The van der Waals surface area contributed by atoms with E-state index in [0.717, 1.165) is 49.5 Å². The molecule has 2 bridgehead atoms. The van der Waals surface area contributed by atoms with Crippen LogP contribution in [-0.2, 0) is 29.2 Å². The maximum atomic E-state index is 12.9. The highest BCUT2D eigenvalue weighted by Crippen LogP contribution is 2.28. The fourth-order valence-corrected chi connectivity index (χ4v) is 4.85. The van der Waals surface area contributed by atoms with Crippen molar-refractivity contribution in [3.8, 4) is 5.75 Å². The summed E-state index contributed by atoms with van der Waals surface area (Å²) in [6.45, 7) is 3.86. The number of carbonyl (C=O) groups is 1. The molecule has 1 unspecified atom stereocenters. The minimum absolute atomic E-state index is 0.0875. The summed E-state index contributed by atoms with van der Waals surface area (Å²) in [6, 6.07) is 8.31. The first kappa shape index (κ1) is 19.8. The van der Waals surface area contributed by atoms with Gasteiger partial charge in [-0.3, -0.25) is 4.79 Å². The minimum Gasteiger partial charge on any atom is -0.496 e. The highest BCUT2D eigenvalue weighted by atomic mass is 16.5. The van der Waals surface area contributed by atoms with Gasteiger partial charge in [-0.05, 0) is 12.0 Å². The number of nitrogens with one attached hydrogen (secondary N) is 2. The first-order valence-electron chi connectivity index (χ1n) is 10.3. The van der Waals surface area contributed by atoms with E-state index < -0.39 is 0 Å². The number of methoxy groups -OCH3 is 2. The summed E-state index contributed by atoms with van der Waals surface area (Å²) in [5, 5.41) is 11.5. The maximum absolute atomic E-state index is 12.9. The lowest BCUT2D eigenvalue weighted by Gasteiger charge is -2.46. The minimum atomic E-state index is 0.0875. The molecule has 0 saturated carbocycles. The molecule has 29 heavy (non-hydrogen) atoms. The molecule has 3 aliphatic heterocycles. The van der Waals surface area contributed by atoms with E-state index in [1.807, 2.05) is 35.1 Å². The van der Waals surface area contributed by atoms with E-state index in [1.165, 1.54) is 4.90 Å². The van der Waals surface area contributed by atoms with E-state index in [4.69, 9.17) is 9.47 Å². The molecule has 3 saturated heterocycles. The molecule has 2 N–H and O–H groups in total. The van der Waals surface area contributed by atoms with Crippen LogP contribution in [0.5, 0.6) is 5.75 Å². The molecule has 2 aromatic rings. The Bertz CT molecular complexity index is 839. The van der Waals surface area contributed by atoms with Gasteiger partial charge in [-0.25, -0.2) is 4.68 Å². The summed E-state index contributed by atoms with van der Waals surface area (Å²) in [5.41, 5.74) is 1.86. The van der Waals surface area contributed by atoms with E-state index in [2.05, 4.69) is 15.6 Å². The van der Waals surface area contributed by atoms with Crippen molar-refractivity contribution in [1.82, 2.24) is 20.3 Å². The van der Waals surface area contributed by atoms with Gasteiger partial charge >= 0.3 is 0 Å². The molecule has 3 aliphatic rings. The first-order chi connectivity index (χ1) is 14.2. The Morgan fingerprint density at radius 2 is 2.21 bits per heavy atom. The van der Waals surface area contributed by atoms with Crippen molar-refractivity contribution >= 4 is 5.91 Å². The number of benzene rings is 1. The maximum Gasteiger partial charge on any atom is 0.229 e. The van der Waals surface area contributed by atoms with Gasteiger partial charge in [0.05, 0.1) is 45.5 Å². The Morgan fingerprint density at radius 3 is 2.97 bits per heavy atom. The summed E-state index contributed by atoms with van der Waals surface area (Å²) in [7, 11) is 3.32. The van der Waals surface area contributed by atoms with E-state index in [9.17, 15) is 4.79 Å². The van der Waals surface area contributed by atoms with Gasteiger partial charge < -0.3 is 19.7 Å². The summed E-state index contributed by atoms with van der Waals surface area (Å²) in [6.07, 6.45) is 4.14. The molecule has 1 amide bonds. The summed E-state index contributed by atoms with van der Waals surface area (Å²) >= 11 is 0. The molecule has 3 fully saturated rings. The van der Waals surface area contributed by atoms with Gasteiger partial charge in [-0.1, -0.05) is 23.4 Å². The Balaban J connectivity index is 1.33. The van der Waals surface area contributed by atoms with Crippen LogP contribution in [0.2, 0.25) is 0 Å². The molecule has 1 aromatic heterocycles. The van der Waals surface area contributed by atoms with Crippen molar-refractivity contribution in [3.63, 3.8) is 0 Å². The van der Waals surface area contributed by atoms with E-state index >= 15 is 0 Å². The largest absolute Gasteiger partial charge is 0.496 e. The second kappa shape index (κ2) is 8.92. The van der Waals surface area contributed by atoms with Crippen LogP contribution in [0.15, 0.2) is 30.5 Å². The third-order valence-electron chi connectivity index (χ3n) is 6.32. The molecular formula is C21H30N5O3+. The first-order valence-corrected chi connectivity index (χ1v) is 10.3. The topological polar surface area (TPSA) is 82.7 Å². The molecule has 0 radical (unpaired) electrons. The van der Waals surface area contributed by atoms with Gasteiger partial charge in [-0.15, -0.1) is 5.10 Å². The fourth-order valence-electron chi connectivity index (χ4n) is 4.85. The van der Waals surface area contributed by atoms with Gasteiger partial charge in [0.25, 0.3) is 0 Å². The summed E-state index contributed by atoms with van der Waals surface area (Å²) in [4.78, 5) is 14.4. The van der Waals surface area contributed by atoms with Crippen LogP contribution in [0.3, 0.4) is 0 Å². The molecule has 4 atom stereocenters. The van der Waals surface area contributed by atoms with E-state index in [1.54, 1.807) is 14.2 Å². The third kappa shape index (κ3) is 4.43. The number of fused-ring (bicyclic) bond motifs is 3. The molecule has 5 rings (SSSR count). The molecular weight excluding hydrogens is 370 g/mol. The van der Waals surface area contributed by atoms with Crippen LogP contribution in [-0.4, -0.2) is 54.3 Å². The van der Waals surface area contributed by atoms with Crippen LogP contribution in [0, 0.1) is 11.8 Å². The normalized spacial score (nSPS) is 25.7. The van der Waals surface area contributed by atoms with Crippen molar-refractivity contribution in [2.45, 2.75) is 38.6 Å². The van der Waals surface area contributed by atoms with Crippen LogP contribution in [0.4, 0.5) is 0 Å². The number of nitrogens with zero attached hydrogens (tertiary/aromatic N) is 3. The lowest BCUT2D eigenvalue weighted by Crippen LogP contribution is -3.20. The highest BCUT2D eigenvalue weighted by Gasteiger charge is 2.46. The Kier molecular flexibility index (Phi) is 6.10. The quantitative estimate of drug-likeness (QED) is 0.654. The standard InChI is InChI=1S/C21H29N5O3/c1-28-14-17-11-26(24-23-17)12-18-9-15-7-8-25(18)13-19(15)21(27)22-10-16-5-3-4-6-20(16)29-2/h3-6,11,15,18-19H,7-10,12-14H2,1-2H3,(H,22,27)/p+1/t15-,18+,19-/m0/s1. The van der Waals surface area contributed by atoms with E-state index in [0.29, 0.717) is 25.1 Å². The molecule has 0 aliphatic carbocycles. The molecule has 4 heterocycles. The number of amides is 1. The molecule has 1 aromatic carbocycles. The van der Waals surface area contributed by atoms with Crippen molar-refractivity contribution in [1.29, 1.82) is 0 Å². The van der Waals surface area contributed by atoms with Crippen molar-refractivity contribution < 1.29 is 19.2 Å². The Hall–Kier alpha value is -2.45. The van der Waals surface area contributed by atoms with Crippen LogP contribution in [0.25, 0.3) is 0 Å². The zero-order valence-corrected chi connectivity index (χ0v) is 17.1. The average molecular weight is 401 g/mol. The van der Waals surface area contributed by atoms with Gasteiger partial charge in [-0.2, -0.15) is 0 Å². The van der Waals surface area contributed by atoms with Gasteiger partial charge in [0.2, 0.25) is 5.91 Å². The van der Waals surface area contributed by atoms with E-state index in [-0.39, 0.29) is 11.8 Å². The summed E-state index contributed by atoms with van der Waals surface area (Å²) in [5.74, 6) is 1.51. The summed E-state index contributed by atoms with van der Waals surface area (Å²) < 4.78 is 12.4. The SMILES string of the molecule is COCc1cn(C[C@H]2C[C@@H]3CC[NH+]2C[C@@H]3C(=O)NCc2ccccc2OC)nn1. The van der Waals surface area contributed by atoms with Gasteiger partial charge in [0.15, 0.2) is 0 Å². The number of aromatic nitrogens is 3. The Labute approximate surface area is 171 Å². The van der Waals surface area contributed by atoms with Crippen LogP contribution in [0.1, 0.15) is 24.1 Å². The van der Waals surface area contributed by atoms with Crippen molar-refractivity contribution in [2.24, 2.45) is 11.8 Å². The third-order valence-corrected chi connectivity index (χ3v) is 6.32. The van der Waals surface area contributed by atoms with Gasteiger partial charge in [0.1, 0.15) is 17.5 Å². The number of quaternary nitrogens is 1. The number of hydrogen-bond acceptors (Lipinski definition) is 5. The second-order valence-corrected chi connectivity index (χ2v) is 8.09. The number of hydrogen-bond donors (Lipinski definition) is 2. The number of rotatable bonds is 8. The van der Waals surface area contributed by atoms with Crippen LogP contribution >= 0.6 is 0 Å². The molecule has 8 heteroatoms. The molecule has 0 spiro atoms. The lowest BCUT2D eigenvalue weighted by atomic mass is 9.75. The molecule has 8 nitrogen and oxygen atoms in total. The highest BCUT2D eigenvalue weighted by molar-refractivity contribution is 5.79. The number of ether oxygens (including phenoxy) is 2. The van der Waals surface area contributed by atoms with Gasteiger partial charge in [0, 0.05) is 32.1 Å². The number of para-hydroxylation sites is 1. The average Bonchev–Trinajstić information content (AvgIpc) is 3.19. The fraction of sp³-hybridized carbons (Fsp3) is 0.571. The zero-order chi connectivity index (χ0) is 20.2.